The standard InChI is InChI=1S/C19H24BrN5O/c20-16-7-4-3-6-15(16)19(26)24-12-10-23(11-13-24)14-18-22-21-17-8-2-1-5-9-25(17)18/h3-4,6-7H,1-2,5,8-14H2. The minimum Gasteiger partial charge on any atom is -0.336 e. The van der Waals surface area contributed by atoms with Gasteiger partial charge >= 0.3 is 0 Å². The Morgan fingerprint density at radius 2 is 1.81 bits per heavy atom. The summed E-state index contributed by atoms with van der Waals surface area (Å²) in [4.78, 5) is 17.1. The third-order valence-corrected chi connectivity index (χ3v) is 6.01. The lowest BCUT2D eigenvalue weighted by Gasteiger charge is -2.34. The summed E-state index contributed by atoms with van der Waals surface area (Å²) in [6.07, 6.45) is 4.75. The van der Waals surface area contributed by atoms with Gasteiger partial charge in [-0.25, -0.2) is 0 Å². The number of hydrogen-bond donors (Lipinski definition) is 0. The van der Waals surface area contributed by atoms with E-state index >= 15 is 0 Å². The summed E-state index contributed by atoms with van der Waals surface area (Å²) in [5, 5.41) is 8.82. The first-order valence-corrected chi connectivity index (χ1v) is 10.2. The number of amides is 1. The Labute approximate surface area is 162 Å². The van der Waals surface area contributed by atoms with Crippen molar-refractivity contribution in [3.63, 3.8) is 0 Å². The number of carbonyl (C=O) groups is 1. The smallest absolute Gasteiger partial charge is 0.255 e. The van der Waals surface area contributed by atoms with Crippen LogP contribution in [0.25, 0.3) is 0 Å². The van der Waals surface area contributed by atoms with Crippen molar-refractivity contribution in [1.82, 2.24) is 24.6 Å². The van der Waals surface area contributed by atoms with E-state index in [1.54, 1.807) is 0 Å². The van der Waals surface area contributed by atoms with Crippen molar-refractivity contribution in [2.45, 2.75) is 38.8 Å². The van der Waals surface area contributed by atoms with Crippen LogP contribution in [0.3, 0.4) is 0 Å². The minimum absolute atomic E-state index is 0.105. The molecule has 0 bridgehead atoms. The third kappa shape index (κ3) is 3.69. The molecule has 2 aromatic rings. The number of aromatic nitrogens is 3. The second-order valence-electron chi connectivity index (χ2n) is 7.04. The molecule has 6 nitrogen and oxygen atoms in total. The van der Waals surface area contributed by atoms with E-state index in [1.165, 1.54) is 19.3 Å². The SMILES string of the molecule is O=C(c1ccccc1Br)N1CCN(Cc2nnc3n2CCCCC3)CC1. The molecule has 1 aromatic carbocycles. The van der Waals surface area contributed by atoms with Gasteiger partial charge in [0.25, 0.3) is 5.91 Å². The molecule has 1 fully saturated rings. The van der Waals surface area contributed by atoms with Gasteiger partial charge in [0.1, 0.15) is 11.6 Å². The van der Waals surface area contributed by atoms with E-state index in [2.05, 4.69) is 35.6 Å². The summed E-state index contributed by atoms with van der Waals surface area (Å²) in [5.74, 6) is 2.32. The number of aryl methyl sites for hydroxylation is 1. The number of nitrogens with zero attached hydrogens (tertiary/aromatic N) is 5. The Balaban J connectivity index is 1.36. The lowest BCUT2D eigenvalue weighted by atomic mass is 10.2. The van der Waals surface area contributed by atoms with Gasteiger partial charge in [0.2, 0.25) is 0 Å². The molecular weight excluding hydrogens is 394 g/mol. The molecule has 2 aliphatic rings. The van der Waals surface area contributed by atoms with Crippen LogP contribution >= 0.6 is 15.9 Å². The number of rotatable bonds is 3. The largest absolute Gasteiger partial charge is 0.336 e. The summed E-state index contributed by atoms with van der Waals surface area (Å²) in [7, 11) is 0. The quantitative estimate of drug-likeness (QED) is 0.770. The second-order valence-corrected chi connectivity index (χ2v) is 7.90. The zero-order valence-corrected chi connectivity index (χ0v) is 16.5. The number of fused-ring (bicyclic) bond motifs is 1. The first-order valence-electron chi connectivity index (χ1n) is 9.39. The summed E-state index contributed by atoms with van der Waals surface area (Å²) >= 11 is 3.48. The first-order chi connectivity index (χ1) is 12.7. The molecule has 0 saturated carbocycles. The normalized spacial score (nSPS) is 18.4. The fourth-order valence-electron chi connectivity index (χ4n) is 3.78. The molecule has 1 aromatic heterocycles. The van der Waals surface area contributed by atoms with E-state index in [9.17, 15) is 4.79 Å². The van der Waals surface area contributed by atoms with E-state index in [0.29, 0.717) is 0 Å². The highest BCUT2D eigenvalue weighted by Crippen LogP contribution is 2.20. The van der Waals surface area contributed by atoms with E-state index in [4.69, 9.17) is 0 Å². The van der Waals surface area contributed by atoms with Gasteiger partial charge in [-0.05, 0) is 40.9 Å². The third-order valence-electron chi connectivity index (χ3n) is 5.31. The number of benzene rings is 1. The predicted molar refractivity (Wildman–Crippen MR) is 103 cm³/mol. The minimum atomic E-state index is 0.105. The maximum absolute atomic E-state index is 12.7. The molecule has 0 radical (unpaired) electrons. The zero-order valence-electron chi connectivity index (χ0n) is 14.9. The van der Waals surface area contributed by atoms with Gasteiger partial charge in [-0.15, -0.1) is 10.2 Å². The van der Waals surface area contributed by atoms with Crippen LogP contribution in [0.2, 0.25) is 0 Å². The molecule has 0 N–H and O–H groups in total. The number of hydrogen-bond acceptors (Lipinski definition) is 4. The maximum Gasteiger partial charge on any atom is 0.255 e. The van der Waals surface area contributed by atoms with E-state index in [0.717, 1.165) is 67.4 Å². The summed E-state index contributed by atoms with van der Waals surface area (Å²) in [6, 6.07) is 7.64. The Morgan fingerprint density at radius 3 is 2.62 bits per heavy atom. The van der Waals surface area contributed by atoms with Crippen LogP contribution in [-0.2, 0) is 19.5 Å². The van der Waals surface area contributed by atoms with Gasteiger partial charge in [0.15, 0.2) is 0 Å². The van der Waals surface area contributed by atoms with E-state index in [1.807, 2.05) is 29.2 Å². The average Bonchev–Trinajstić information content (AvgIpc) is 2.89. The Kier molecular flexibility index (Phi) is 5.36. The fourth-order valence-corrected chi connectivity index (χ4v) is 4.23. The summed E-state index contributed by atoms with van der Waals surface area (Å²) in [6.45, 7) is 5.11. The van der Waals surface area contributed by atoms with E-state index in [-0.39, 0.29) is 5.91 Å². The van der Waals surface area contributed by atoms with Crippen LogP contribution in [0.15, 0.2) is 28.7 Å². The molecule has 1 amide bonds. The molecule has 1 saturated heterocycles. The molecule has 138 valence electrons. The molecule has 4 rings (SSSR count). The van der Waals surface area contributed by atoms with Gasteiger partial charge < -0.3 is 9.47 Å². The fraction of sp³-hybridized carbons (Fsp3) is 0.526. The van der Waals surface area contributed by atoms with Gasteiger partial charge in [-0.3, -0.25) is 9.69 Å². The molecule has 0 unspecified atom stereocenters. The van der Waals surface area contributed by atoms with Crippen molar-refractivity contribution in [2.24, 2.45) is 0 Å². The van der Waals surface area contributed by atoms with Crippen LogP contribution in [0.5, 0.6) is 0 Å². The highest BCUT2D eigenvalue weighted by Gasteiger charge is 2.25. The molecule has 0 atom stereocenters. The molecule has 0 aliphatic carbocycles. The number of carbonyl (C=O) groups excluding carboxylic acids is 1. The first kappa shape index (κ1) is 17.7. The average molecular weight is 418 g/mol. The van der Waals surface area contributed by atoms with Gasteiger partial charge in [-0.2, -0.15) is 0 Å². The Bertz CT molecular complexity index is 782. The molecule has 26 heavy (non-hydrogen) atoms. The van der Waals surface area contributed by atoms with Crippen molar-refractivity contribution in [3.05, 3.63) is 46.0 Å². The summed E-state index contributed by atoms with van der Waals surface area (Å²) in [5.41, 5.74) is 0.740. The zero-order chi connectivity index (χ0) is 17.9. The topological polar surface area (TPSA) is 54.3 Å². The van der Waals surface area contributed by atoms with Crippen molar-refractivity contribution < 1.29 is 4.79 Å². The van der Waals surface area contributed by atoms with Crippen LogP contribution in [-0.4, -0.2) is 56.7 Å². The highest BCUT2D eigenvalue weighted by atomic mass is 79.9. The maximum atomic E-state index is 12.7. The lowest BCUT2D eigenvalue weighted by Crippen LogP contribution is -2.48. The van der Waals surface area contributed by atoms with Crippen molar-refractivity contribution in [2.75, 3.05) is 26.2 Å². The molecular formula is C19H24BrN5O. The van der Waals surface area contributed by atoms with E-state index < -0.39 is 0 Å². The molecule has 7 heteroatoms. The second kappa shape index (κ2) is 7.88. The molecule has 0 spiro atoms. The van der Waals surface area contributed by atoms with Crippen LogP contribution in [0.4, 0.5) is 0 Å². The monoisotopic (exact) mass is 417 g/mol. The van der Waals surface area contributed by atoms with Crippen LogP contribution in [0.1, 0.15) is 41.3 Å². The van der Waals surface area contributed by atoms with Crippen molar-refractivity contribution in [3.8, 4) is 0 Å². The Hall–Kier alpha value is -1.73. The van der Waals surface area contributed by atoms with Gasteiger partial charge in [0.05, 0.1) is 12.1 Å². The predicted octanol–water partition coefficient (Wildman–Crippen LogP) is 2.73. The van der Waals surface area contributed by atoms with Gasteiger partial charge in [-0.1, -0.05) is 18.6 Å². The summed E-state index contributed by atoms with van der Waals surface area (Å²) < 4.78 is 3.17. The van der Waals surface area contributed by atoms with Crippen LogP contribution in [0, 0.1) is 0 Å². The van der Waals surface area contributed by atoms with Gasteiger partial charge in [0, 0.05) is 43.6 Å². The van der Waals surface area contributed by atoms with Crippen molar-refractivity contribution >= 4 is 21.8 Å². The Morgan fingerprint density at radius 1 is 1.00 bits per heavy atom. The lowest BCUT2D eigenvalue weighted by molar-refractivity contribution is 0.0623. The van der Waals surface area contributed by atoms with Crippen LogP contribution < -0.4 is 0 Å². The molecule has 2 aliphatic heterocycles. The number of piperazine rings is 1. The molecule has 3 heterocycles. The van der Waals surface area contributed by atoms with Crippen molar-refractivity contribution in [1.29, 1.82) is 0 Å². The highest BCUT2D eigenvalue weighted by molar-refractivity contribution is 9.10. The number of halogens is 1.